The van der Waals surface area contributed by atoms with Gasteiger partial charge in [-0.1, -0.05) is 20.8 Å². The maximum atomic E-state index is 9.18. The van der Waals surface area contributed by atoms with Crippen molar-refractivity contribution >= 4 is 0 Å². The molecule has 58 valence electrons. The first-order valence-corrected chi connectivity index (χ1v) is 3.15. The van der Waals surface area contributed by atoms with Crippen LogP contribution in [0, 0.1) is 16.7 Å². The second-order valence-corrected chi connectivity index (χ2v) is 3.38. The fourth-order valence-corrected chi connectivity index (χ4v) is 0.544. The Kier molecular flexibility index (Phi) is 2.82. The highest BCUT2D eigenvalue weighted by molar-refractivity contribution is 4.93. The Bertz CT molecular complexity index is 143. The summed E-state index contributed by atoms with van der Waals surface area (Å²) in [4.78, 5) is 0. The van der Waals surface area contributed by atoms with Gasteiger partial charge in [0.05, 0.1) is 12.2 Å². The van der Waals surface area contributed by atoms with Gasteiger partial charge in [0.1, 0.15) is 0 Å². The monoisotopic (exact) mass is 143 g/mol. The zero-order valence-corrected chi connectivity index (χ0v) is 6.50. The topological polar surface area (TPSA) is 64.2 Å². The highest BCUT2D eigenvalue weighted by Crippen LogP contribution is 2.21. The van der Waals surface area contributed by atoms with Gasteiger partial charge in [0.2, 0.25) is 0 Å². The molecule has 0 radical (unpaired) electrons. The van der Waals surface area contributed by atoms with Crippen molar-refractivity contribution in [3.8, 4) is 6.07 Å². The summed E-state index contributed by atoms with van der Waals surface area (Å²) in [5.41, 5.74) is -0.435. The second-order valence-electron chi connectivity index (χ2n) is 3.38. The molecule has 0 amide bonds. The van der Waals surface area contributed by atoms with Gasteiger partial charge in [0.15, 0.2) is 6.10 Å². The molecule has 0 fully saturated rings. The van der Waals surface area contributed by atoms with Gasteiger partial charge in [-0.2, -0.15) is 5.26 Å². The first-order chi connectivity index (χ1) is 4.39. The maximum Gasteiger partial charge on any atom is 0.166 e. The van der Waals surface area contributed by atoms with E-state index >= 15 is 0 Å². The molecule has 3 heteroatoms. The molecule has 0 spiro atoms. The highest BCUT2D eigenvalue weighted by atomic mass is 16.3. The summed E-state index contributed by atoms with van der Waals surface area (Å²) >= 11 is 0. The highest BCUT2D eigenvalue weighted by Gasteiger charge is 2.28. The van der Waals surface area contributed by atoms with Gasteiger partial charge in [-0.05, 0) is 5.41 Å². The lowest BCUT2D eigenvalue weighted by Crippen LogP contribution is -2.36. The van der Waals surface area contributed by atoms with Gasteiger partial charge in [0.25, 0.3) is 0 Å². The Morgan fingerprint density at radius 1 is 1.30 bits per heavy atom. The zero-order chi connectivity index (χ0) is 8.36. The molecule has 0 heterocycles. The first kappa shape index (κ1) is 9.41. The van der Waals surface area contributed by atoms with Gasteiger partial charge in [-0.3, -0.25) is 0 Å². The third-order valence-electron chi connectivity index (χ3n) is 1.32. The van der Waals surface area contributed by atoms with E-state index in [1.54, 1.807) is 26.8 Å². The van der Waals surface area contributed by atoms with Crippen LogP contribution in [0.2, 0.25) is 0 Å². The number of rotatable bonds is 1. The van der Waals surface area contributed by atoms with E-state index in [1.807, 2.05) is 0 Å². The van der Waals surface area contributed by atoms with Gasteiger partial charge < -0.3 is 10.2 Å². The standard InChI is InChI=1S/C7H13NO2/c1-7(2,3)6(10)5(9)4-8/h5-6,9-10H,1-3H3/t5-,6+/m1/s1. The second kappa shape index (κ2) is 3.00. The van der Waals surface area contributed by atoms with Crippen LogP contribution in [-0.4, -0.2) is 22.4 Å². The van der Waals surface area contributed by atoms with Crippen molar-refractivity contribution in [3.63, 3.8) is 0 Å². The maximum absolute atomic E-state index is 9.18. The first-order valence-electron chi connectivity index (χ1n) is 3.15. The van der Waals surface area contributed by atoms with Crippen molar-refractivity contribution < 1.29 is 10.2 Å². The van der Waals surface area contributed by atoms with Crippen LogP contribution >= 0.6 is 0 Å². The number of hydrogen-bond donors (Lipinski definition) is 2. The number of aliphatic hydroxyl groups is 2. The minimum atomic E-state index is -1.28. The molecule has 3 nitrogen and oxygen atoms in total. The molecule has 0 bridgehead atoms. The summed E-state index contributed by atoms with van der Waals surface area (Å²) in [5.74, 6) is 0. The Hall–Kier alpha value is -0.590. The molecule has 2 N–H and O–H groups in total. The number of nitrogens with zero attached hydrogens (tertiary/aromatic N) is 1. The lowest BCUT2D eigenvalue weighted by atomic mass is 9.86. The van der Waals surface area contributed by atoms with E-state index in [-0.39, 0.29) is 0 Å². The normalized spacial score (nSPS) is 17.6. The minimum Gasteiger partial charge on any atom is -0.389 e. The van der Waals surface area contributed by atoms with Crippen LogP contribution < -0.4 is 0 Å². The largest absolute Gasteiger partial charge is 0.389 e. The minimum absolute atomic E-state index is 0.435. The quantitative estimate of drug-likeness (QED) is 0.518. The Balaban J connectivity index is 4.11. The van der Waals surface area contributed by atoms with Gasteiger partial charge in [-0.15, -0.1) is 0 Å². The Morgan fingerprint density at radius 2 is 1.70 bits per heavy atom. The van der Waals surface area contributed by atoms with Crippen molar-refractivity contribution in [2.75, 3.05) is 0 Å². The van der Waals surface area contributed by atoms with E-state index in [4.69, 9.17) is 10.4 Å². The molecular weight excluding hydrogens is 130 g/mol. The molecule has 0 rings (SSSR count). The average Bonchev–Trinajstić information content (AvgIpc) is 1.83. The van der Waals surface area contributed by atoms with Crippen molar-refractivity contribution in [3.05, 3.63) is 0 Å². The smallest absolute Gasteiger partial charge is 0.166 e. The third kappa shape index (κ3) is 2.34. The van der Waals surface area contributed by atoms with Crippen LogP contribution in [0.5, 0.6) is 0 Å². The lowest BCUT2D eigenvalue weighted by molar-refractivity contribution is -0.0184. The van der Waals surface area contributed by atoms with Gasteiger partial charge in [0, 0.05) is 0 Å². The van der Waals surface area contributed by atoms with E-state index < -0.39 is 17.6 Å². The predicted molar refractivity (Wildman–Crippen MR) is 37.1 cm³/mol. The van der Waals surface area contributed by atoms with Crippen molar-refractivity contribution in [2.45, 2.75) is 33.0 Å². The Morgan fingerprint density at radius 3 is 1.80 bits per heavy atom. The molecule has 0 aromatic heterocycles. The molecule has 0 aliphatic rings. The van der Waals surface area contributed by atoms with Crippen LogP contribution in [0.3, 0.4) is 0 Å². The fraction of sp³-hybridized carbons (Fsp3) is 0.857. The zero-order valence-electron chi connectivity index (χ0n) is 6.50. The van der Waals surface area contributed by atoms with Crippen LogP contribution in [0.25, 0.3) is 0 Å². The molecular formula is C7H13NO2. The van der Waals surface area contributed by atoms with E-state index in [0.717, 1.165) is 0 Å². The molecule has 10 heavy (non-hydrogen) atoms. The van der Waals surface area contributed by atoms with Crippen LogP contribution in [0.4, 0.5) is 0 Å². The fourth-order valence-electron chi connectivity index (χ4n) is 0.544. The summed E-state index contributed by atoms with van der Waals surface area (Å²) in [5, 5.41) is 26.2. The number of nitriles is 1. The number of hydrogen-bond acceptors (Lipinski definition) is 3. The lowest BCUT2D eigenvalue weighted by Gasteiger charge is -2.26. The van der Waals surface area contributed by atoms with E-state index in [9.17, 15) is 5.11 Å². The molecule has 0 saturated carbocycles. The van der Waals surface area contributed by atoms with Crippen molar-refractivity contribution in [1.29, 1.82) is 5.26 Å². The van der Waals surface area contributed by atoms with E-state index in [2.05, 4.69) is 0 Å². The molecule has 0 aliphatic heterocycles. The molecule has 0 unspecified atom stereocenters. The SMILES string of the molecule is CC(C)(C)[C@@H](O)[C@H](O)C#N. The predicted octanol–water partition coefficient (Wildman–Crippen LogP) is 0.278. The Labute approximate surface area is 60.9 Å². The number of aliphatic hydroxyl groups excluding tert-OH is 2. The molecule has 0 aromatic rings. The summed E-state index contributed by atoms with van der Waals surface area (Å²) in [6, 6.07) is 1.58. The molecule has 0 aliphatic carbocycles. The van der Waals surface area contributed by atoms with Gasteiger partial charge >= 0.3 is 0 Å². The summed E-state index contributed by atoms with van der Waals surface area (Å²) in [7, 11) is 0. The average molecular weight is 143 g/mol. The van der Waals surface area contributed by atoms with Crippen LogP contribution in [0.1, 0.15) is 20.8 Å². The molecule has 0 saturated heterocycles. The summed E-state index contributed by atoms with van der Waals surface area (Å²) < 4.78 is 0. The van der Waals surface area contributed by atoms with Gasteiger partial charge in [-0.25, -0.2) is 0 Å². The van der Waals surface area contributed by atoms with Crippen LogP contribution in [0.15, 0.2) is 0 Å². The van der Waals surface area contributed by atoms with Crippen molar-refractivity contribution in [2.24, 2.45) is 5.41 Å². The van der Waals surface area contributed by atoms with Crippen molar-refractivity contribution in [1.82, 2.24) is 0 Å². The third-order valence-corrected chi connectivity index (χ3v) is 1.32. The molecule has 0 aromatic carbocycles. The summed E-state index contributed by atoms with van der Waals surface area (Å²) in [6.07, 6.45) is -2.25. The summed E-state index contributed by atoms with van der Waals surface area (Å²) in [6.45, 7) is 5.29. The molecule has 2 atom stereocenters. The van der Waals surface area contributed by atoms with Crippen LogP contribution in [-0.2, 0) is 0 Å². The van der Waals surface area contributed by atoms with E-state index in [1.165, 1.54) is 0 Å². The van der Waals surface area contributed by atoms with E-state index in [0.29, 0.717) is 0 Å².